The number of piperidine rings is 1. The first-order chi connectivity index (χ1) is 6.84. The molecule has 1 saturated heterocycles. The molecule has 2 N–H and O–H groups in total. The monoisotopic (exact) mass is 203 g/mol. The van der Waals surface area contributed by atoms with E-state index in [0.717, 1.165) is 25.9 Å². The molecule has 0 aromatic heterocycles. The van der Waals surface area contributed by atoms with E-state index in [1.807, 2.05) is 0 Å². The molecule has 0 radical (unpaired) electrons. The summed E-state index contributed by atoms with van der Waals surface area (Å²) in [5, 5.41) is 12.9. The average molecular weight is 203 g/mol. The first-order valence-corrected chi connectivity index (χ1v) is 5.30. The van der Waals surface area contributed by atoms with Gasteiger partial charge in [0, 0.05) is 20.3 Å². The van der Waals surface area contributed by atoms with Crippen molar-refractivity contribution < 1.29 is 14.6 Å². The Labute approximate surface area is 85.6 Å². The molecule has 1 heterocycles. The lowest BCUT2D eigenvalue weighted by molar-refractivity contribution is 0.0320. The Kier molecular flexibility index (Phi) is 6.10. The van der Waals surface area contributed by atoms with Gasteiger partial charge in [-0.2, -0.15) is 0 Å². The highest BCUT2D eigenvalue weighted by atomic mass is 16.5. The van der Waals surface area contributed by atoms with Crippen LogP contribution in [0, 0.1) is 5.92 Å². The van der Waals surface area contributed by atoms with Gasteiger partial charge in [0.05, 0.1) is 19.3 Å². The van der Waals surface area contributed by atoms with Crippen molar-refractivity contribution in [3.05, 3.63) is 0 Å². The molecule has 0 amide bonds. The third kappa shape index (κ3) is 4.37. The molecule has 0 aliphatic carbocycles. The van der Waals surface area contributed by atoms with Gasteiger partial charge < -0.3 is 19.9 Å². The van der Waals surface area contributed by atoms with E-state index < -0.39 is 0 Å². The predicted octanol–water partition coefficient (Wildman–Crippen LogP) is 0.00990. The largest absolute Gasteiger partial charge is 0.393 e. The molecular formula is C10H21NO3. The Balaban J connectivity index is 1.99. The van der Waals surface area contributed by atoms with Crippen LogP contribution in [0.15, 0.2) is 0 Å². The van der Waals surface area contributed by atoms with Gasteiger partial charge in [0.2, 0.25) is 0 Å². The van der Waals surface area contributed by atoms with E-state index >= 15 is 0 Å². The van der Waals surface area contributed by atoms with E-state index in [0.29, 0.717) is 25.7 Å². The van der Waals surface area contributed by atoms with Crippen LogP contribution in [0.4, 0.5) is 0 Å². The SMILES string of the molecule is COCCOCCC1CNCCC1O. The first kappa shape index (κ1) is 11.9. The first-order valence-electron chi connectivity index (χ1n) is 5.30. The zero-order chi connectivity index (χ0) is 10.2. The summed E-state index contributed by atoms with van der Waals surface area (Å²) in [6.45, 7) is 3.85. The summed E-state index contributed by atoms with van der Waals surface area (Å²) in [6, 6.07) is 0. The van der Waals surface area contributed by atoms with Crippen LogP contribution >= 0.6 is 0 Å². The van der Waals surface area contributed by atoms with Crippen molar-refractivity contribution >= 4 is 0 Å². The maximum Gasteiger partial charge on any atom is 0.0700 e. The van der Waals surface area contributed by atoms with Gasteiger partial charge in [-0.1, -0.05) is 0 Å². The smallest absolute Gasteiger partial charge is 0.0700 e. The van der Waals surface area contributed by atoms with Crippen molar-refractivity contribution in [3.63, 3.8) is 0 Å². The van der Waals surface area contributed by atoms with Crippen LogP contribution in [0.5, 0.6) is 0 Å². The summed E-state index contributed by atoms with van der Waals surface area (Å²) in [5.41, 5.74) is 0. The van der Waals surface area contributed by atoms with Gasteiger partial charge in [-0.05, 0) is 25.3 Å². The van der Waals surface area contributed by atoms with E-state index in [2.05, 4.69) is 5.32 Å². The molecule has 0 aromatic carbocycles. The van der Waals surface area contributed by atoms with Gasteiger partial charge in [-0.25, -0.2) is 0 Å². The van der Waals surface area contributed by atoms with Crippen molar-refractivity contribution in [2.24, 2.45) is 5.92 Å². The Bertz CT molecular complexity index is 143. The molecule has 4 nitrogen and oxygen atoms in total. The van der Waals surface area contributed by atoms with E-state index in [-0.39, 0.29) is 6.10 Å². The van der Waals surface area contributed by atoms with Crippen LogP contribution in [0.3, 0.4) is 0 Å². The number of rotatable bonds is 6. The molecule has 0 saturated carbocycles. The van der Waals surface area contributed by atoms with Crippen LogP contribution in [-0.2, 0) is 9.47 Å². The van der Waals surface area contributed by atoms with Gasteiger partial charge in [0.1, 0.15) is 0 Å². The Morgan fingerprint density at radius 2 is 2.21 bits per heavy atom. The number of nitrogens with one attached hydrogen (secondary N) is 1. The number of hydrogen-bond donors (Lipinski definition) is 2. The minimum Gasteiger partial charge on any atom is -0.393 e. The summed E-state index contributed by atoms with van der Waals surface area (Å²) >= 11 is 0. The maximum absolute atomic E-state index is 9.65. The Morgan fingerprint density at radius 1 is 1.36 bits per heavy atom. The van der Waals surface area contributed by atoms with Crippen molar-refractivity contribution in [1.29, 1.82) is 0 Å². The molecule has 0 spiro atoms. The Hall–Kier alpha value is -0.160. The van der Waals surface area contributed by atoms with E-state index in [1.165, 1.54) is 0 Å². The fourth-order valence-electron chi connectivity index (χ4n) is 1.68. The molecule has 1 fully saturated rings. The molecule has 0 bridgehead atoms. The standard InChI is InChI=1S/C10H21NO3/c1-13-6-7-14-5-3-9-8-11-4-2-10(9)12/h9-12H,2-8H2,1H3. The van der Waals surface area contributed by atoms with Crippen LogP contribution in [0.2, 0.25) is 0 Å². The number of aliphatic hydroxyl groups is 1. The lowest BCUT2D eigenvalue weighted by Gasteiger charge is -2.28. The van der Waals surface area contributed by atoms with Crippen LogP contribution in [0.25, 0.3) is 0 Å². The molecule has 0 aromatic rings. The summed E-state index contributed by atoms with van der Waals surface area (Å²) in [5.74, 6) is 0.353. The van der Waals surface area contributed by atoms with Crippen molar-refractivity contribution in [2.45, 2.75) is 18.9 Å². The second-order valence-corrected chi connectivity index (χ2v) is 3.71. The van der Waals surface area contributed by atoms with E-state index in [4.69, 9.17) is 9.47 Å². The van der Waals surface area contributed by atoms with Gasteiger partial charge >= 0.3 is 0 Å². The topological polar surface area (TPSA) is 50.7 Å². The second kappa shape index (κ2) is 7.17. The molecule has 2 unspecified atom stereocenters. The molecular weight excluding hydrogens is 182 g/mol. The third-order valence-electron chi connectivity index (χ3n) is 2.63. The summed E-state index contributed by atoms with van der Waals surface area (Å²) < 4.78 is 10.2. The lowest BCUT2D eigenvalue weighted by Crippen LogP contribution is -2.40. The average Bonchev–Trinajstić information content (AvgIpc) is 2.20. The molecule has 2 atom stereocenters. The van der Waals surface area contributed by atoms with Gasteiger partial charge in [0.25, 0.3) is 0 Å². The lowest BCUT2D eigenvalue weighted by atomic mass is 9.93. The number of ether oxygens (including phenoxy) is 2. The van der Waals surface area contributed by atoms with E-state index in [1.54, 1.807) is 7.11 Å². The minimum absolute atomic E-state index is 0.151. The summed E-state index contributed by atoms with van der Waals surface area (Å²) in [7, 11) is 1.66. The third-order valence-corrected chi connectivity index (χ3v) is 2.63. The molecule has 4 heteroatoms. The fraction of sp³-hybridized carbons (Fsp3) is 1.00. The van der Waals surface area contributed by atoms with Gasteiger partial charge in [0.15, 0.2) is 0 Å². The van der Waals surface area contributed by atoms with Crippen molar-refractivity contribution in [3.8, 4) is 0 Å². The highest BCUT2D eigenvalue weighted by Crippen LogP contribution is 2.14. The Morgan fingerprint density at radius 3 is 2.93 bits per heavy atom. The molecule has 1 rings (SSSR count). The number of aliphatic hydroxyl groups excluding tert-OH is 1. The van der Waals surface area contributed by atoms with Crippen LogP contribution in [-0.4, -0.2) is 51.2 Å². The summed E-state index contributed by atoms with van der Waals surface area (Å²) in [6.07, 6.45) is 1.64. The molecule has 14 heavy (non-hydrogen) atoms. The predicted molar refractivity (Wildman–Crippen MR) is 54.3 cm³/mol. The minimum atomic E-state index is -0.151. The fourth-order valence-corrected chi connectivity index (χ4v) is 1.68. The zero-order valence-electron chi connectivity index (χ0n) is 8.87. The summed E-state index contributed by atoms with van der Waals surface area (Å²) in [4.78, 5) is 0. The zero-order valence-corrected chi connectivity index (χ0v) is 8.87. The molecule has 1 aliphatic heterocycles. The highest BCUT2D eigenvalue weighted by Gasteiger charge is 2.21. The van der Waals surface area contributed by atoms with Crippen molar-refractivity contribution in [2.75, 3.05) is 40.0 Å². The number of methoxy groups -OCH3 is 1. The van der Waals surface area contributed by atoms with Crippen LogP contribution < -0.4 is 5.32 Å². The number of hydrogen-bond acceptors (Lipinski definition) is 4. The van der Waals surface area contributed by atoms with Gasteiger partial charge in [-0.3, -0.25) is 0 Å². The molecule has 84 valence electrons. The molecule has 1 aliphatic rings. The van der Waals surface area contributed by atoms with Gasteiger partial charge in [-0.15, -0.1) is 0 Å². The second-order valence-electron chi connectivity index (χ2n) is 3.71. The van der Waals surface area contributed by atoms with Crippen LogP contribution in [0.1, 0.15) is 12.8 Å². The maximum atomic E-state index is 9.65. The highest BCUT2D eigenvalue weighted by molar-refractivity contribution is 4.76. The van der Waals surface area contributed by atoms with Crippen molar-refractivity contribution in [1.82, 2.24) is 5.32 Å². The quantitative estimate of drug-likeness (QED) is 0.597. The van der Waals surface area contributed by atoms with E-state index in [9.17, 15) is 5.11 Å². The normalized spacial score (nSPS) is 27.9.